The lowest BCUT2D eigenvalue weighted by molar-refractivity contribution is -0.122. The van der Waals surface area contributed by atoms with Gasteiger partial charge in [-0.3, -0.25) is 4.79 Å². The van der Waals surface area contributed by atoms with E-state index in [0.29, 0.717) is 6.04 Å². The monoisotopic (exact) mass is 282 g/mol. The van der Waals surface area contributed by atoms with Gasteiger partial charge in [-0.15, -0.1) is 0 Å². The lowest BCUT2D eigenvalue weighted by Crippen LogP contribution is -2.46. The van der Waals surface area contributed by atoms with Crippen molar-refractivity contribution in [1.82, 2.24) is 10.6 Å². The number of benzene rings is 1. The highest BCUT2D eigenvalue weighted by molar-refractivity contribution is 5.76. The Bertz CT molecular complexity index is 479. The van der Waals surface area contributed by atoms with Gasteiger partial charge in [0.25, 0.3) is 0 Å². The molecule has 1 saturated heterocycles. The van der Waals surface area contributed by atoms with Crippen molar-refractivity contribution < 1.29 is 13.6 Å². The molecule has 0 spiro atoms. The van der Waals surface area contributed by atoms with Crippen LogP contribution < -0.4 is 10.6 Å². The molecule has 2 rings (SSSR count). The molecule has 2 N–H and O–H groups in total. The van der Waals surface area contributed by atoms with Crippen LogP contribution in [0.15, 0.2) is 18.2 Å². The standard InChI is InChI=1S/C15H20F2N2O/c1-10-8-13(6-7-18-10)19-15(20)5-2-11-9-12(16)3-4-14(11)17/h3-4,9-10,13,18H,2,5-8H2,1H3,(H,19,20). The molecule has 0 radical (unpaired) electrons. The molecule has 3 nitrogen and oxygen atoms in total. The number of aryl methyl sites for hydroxylation is 1. The minimum atomic E-state index is -0.478. The first-order valence-electron chi connectivity index (χ1n) is 7.01. The molecule has 1 amide bonds. The predicted octanol–water partition coefficient (Wildman–Crippen LogP) is 2.15. The largest absolute Gasteiger partial charge is 0.353 e. The topological polar surface area (TPSA) is 41.1 Å². The second-order valence-corrected chi connectivity index (χ2v) is 5.38. The first-order chi connectivity index (χ1) is 9.54. The summed E-state index contributed by atoms with van der Waals surface area (Å²) >= 11 is 0. The Balaban J connectivity index is 1.81. The molecule has 1 aromatic carbocycles. The van der Waals surface area contributed by atoms with Crippen molar-refractivity contribution in [3.63, 3.8) is 0 Å². The van der Waals surface area contributed by atoms with Gasteiger partial charge in [0, 0.05) is 18.5 Å². The quantitative estimate of drug-likeness (QED) is 0.888. The van der Waals surface area contributed by atoms with Gasteiger partial charge in [-0.25, -0.2) is 8.78 Å². The average Bonchev–Trinajstić information content (AvgIpc) is 2.40. The third-order valence-electron chi connectivity index (χ3n) is 3.62. The first-order valence-corrected chi connectivity index (χ1v) is 7.01. The van der Waals surface area contributed by atoms with Gasteiger partial charge in [0.15, 0.2) is 0 Å². The fourth-order valence-corrected chi connectivity index (χ4v) is 2.55. The van der Waals surface area contributed by atoms with E-state index in [-0.39, 0.29) is 30.4 Å². The third-order valence-corrected chi connectivity index (χ3v) is 3.62. The predicted molar refractivity (Wildman–Crippen MR) is 73.3 cm³/mol. The molecule has 2 unspecified atom stereocenters. The molecular formula is C15H20F2N2O. The summed E-state index contributed by atoms with van der Waals surface area (Å²) in [5, 5.41) is 6.27. The number of piperidine rings is 1. The summed E-state index contributed by atoms with van der Waals surface area (Å²) in [6.45, 7) is 2.98. The molecule has 1 aromatic rings. The molecular weight excluding hydrogens is 262 g/mol. The Morgan fingerprint density at radius 2 is 2.25 bits per heavy atom. The van der Waals surface area contributed by atoms with Crippen LogP contribution in [-0.2, 0) is 11.2 Å². The van der Waals surface area contributed by atoms with Gasteiger partial charge in [-0.05, 0) is 56.5 Å². The van der Waals surface area contributed by atoms with Crippen LogP contribution in [-0.4, -0.2) is 24.5 Å². The van der Waals surface area contributed by atoms with Gasteiger partial charge in [0.05, 0.1) is 0 Å². The zero-order valence-electron chi connectivity index (χ0n) is 11.6. The molecule has 0 aromatic heterocycles. The molecule has 0 bridgehead atoms. The van der Waals surface area contributed by atoms with E-state index < -0.39 is 11.6 Å². The summed E-state index contributed by atoms with van der Waals surface area (Å²) in [7, 11) is 0. The summed E-state index contributed by atoms with van der Waals surface area (Å²) in [4.78, 5) is 11.8. The minimum Gasteiger partial charge on any atom is -0.353 e. The summed E-state index contributed by atoms with van der Waals surface area (Å²) in [6, 6.07) is 3.90. The first kappa shape index (κ1) is 14.9. The van der Waals surface area contributed by atoms with Crippen molar-refractivity contribution >= 4 is 5.91 Å². The molecule has 20 heavy (non-hydrogen) atoms. The van der Waals surface area contributed by atoms with Gasteiger partial charge < -0.3 is 10.6 Å². The zero-order valence-corrected chi connectivity index (χ0v) is 11.6. The van der Waals surface area contributed by atoms with Crippen LogP contribution in [0.5, 0.6) is 0 Å². The van der Waals surface area contributed by atoms with Crippen LogP contribution in [0.1, 0.15) is 31.7 Å². The number of halogens is 2. The molecule has 1 aliphatic heterocycles. The normalized spacial score (nSPS) is 22.6. The maximum Gasteiger partial charge on any atom is 0.220 e. The van der Waals surface area contributed by atoms with Crippen LogP contribution in [0.4, 0.5) is 8.78 Å². The van der Waals surface area contributed by atoms with Crippen molar-refractivity contribution in [2.75, 3.05) is 6.54 Å². The van der Waals surface area contributed by atoms with Gasteiger partial charge in [0.1, 0.15) is 11.6 Å². The Labute approximate surface area is 117 Å². The molecule has 0 saturated carbocycles. The molecule has 5 heteroatoms. The number of nitrogens with one attached hydrogen (secondary N) is 2. The number of carbonyl (C=O) groups excluding carboxylic acids is 1. The Morgan fingerprint density at radius 3 is 3.00 bits per heavy atom. The van der Waals surface area contributed by atoms with Crippen LogP contribution >= 0.6 is 0 Å². The van der Waals surface area contributed by atoms with Crippen LogP contribution in [0.25, 0.3) is 0 Å². The number of carbonyl (C=O) groups is 1. The smallest absolute Gasteiger partial charge is 0.220 e. The van der Waals surface area contributed by atoms with E-state index >= 15 is 0 Å². The number of hydrogen-bond donors (Lipinski definition) is 2. The maximum atomic E-state index is 13.4. The van der Waals surface area contributed by atoms with Crippen LogP contribution in [0.3, 0.4) is 0 Å². The lowest BCUT2D eigenvalue weighted by atomic mass is 10.0. The zero-order chi connectivity index (χ0) is 14.5. The van der Waals surface area contributed by atoms with Crippen molar-refractivity contribution in [3.8, 4) is 0 Å². The Kier molecular flexibility index (Phi) is 5.06. The highest BCUT2D eigenvalue weighted by Crippen LogP contribution is 2.12. The second kappa shape index (κ2) is 6.79. The highest BCUT2D eigenvalue weighted by Gasteiger charge is 2.19. The van der Waals surface area contributed by atoms with E-state index in [2.05, 4.69) is 17.6 Å². The van der Waals surface area contributed by atoms with E-state index in [0.717, 1.165) is 37.6 Å². The molecule has 0 aliphatic carbocycles. The highest BCUT2D eigenvalue weighted by atomic mass is 19.1. The molecule has 1 fully saturated rings. The maximum absolute atomic E-state index is 13.4. The van der Waals surface area contributed by atoms with Gasteiger partial charge in [-0.1, -0.05) is 0 Å². The van der Waals surface area contributed by atoms with E-state index in [1.165, 1.54) is 0 Å². The Hall–Kier alpha value is -1.49. The van der Waals surface area contributed by atoms with Gasteiger partial charge in [0.2, 0.25) is 5.91 Å². The summed E-state index contributed by atoms with van der Waals surface area (Å²) in [5.74, 6) is -1.04. The fourth-order valence-electron chi connectivity index (χ4n) is 2.55. The molecule has 2 atom stereocenters. The number of rotatable bonds is 4. The van der Waals surface area contributed by atoms with E-state index in [1.807, 2.05) is 0 Å². The van der Waals surface area contributed by atoms with Crippen molar-refractivity contribution in [2.45, 2.75) is 44.7 Å². The third kappa shape index (κ3) is 4.27. The van der Waals surface area contributed by atoms with Crippen molar-refractivity contribution in [1.29, 1.82) is 0 Å². The SMILES string of the molecule is CC1CC(NC(=O)CCc2cc(F)ccc2F)CCN1. The number of amides is 1. The second-order valence-electron chi connectivity index (χ2n) is 5.38. The summed E-state index contributed by atoms with van der Waals surface area (Å²) in [6.07, 6.45) is 2.21. The van der Waals surface area contributed by atoms with Crippen LogP contribution in [0.2, 0.25) is 0 Å². The Morgan fingerprint density at radius 1 is 1.45 bits per heavy atom. The molecule has 1 aliphatic rings. The minimum absolute atomic E-state index is 0.104. The lowest BCUT2D eigenvalue weighted by Gasteiger charge is -2.28. The van der Waals surface area contributed by atoms with E-state index in [4.69, 9.17) is 0 Å². The van der Waals surface area contributed by atoms with Gasteiger partial charge >= 0.3 is 0 Å². The summed E-state index contributed by atoms with van der Waals surface area (Å²) < 4.78 is 26.4. The van der Waals surface area contributed by atoms with E-state index in [1.54, 1.807) is 0 Å². The van der Waals surface area contributed by atoms with Crippen molar-refractivity contribution in [3.05, 3.63) is 35.4 Å². The van der Waals surface area contributed by atoms with Crippen molar-refractivity contribution in [2.24, 2.45) is 0 Å². The molecule has 110 valence electrons. The summed E-state index contributed by atoms with van der Waals surface area (Å²) in [5.41, 5.74) is 0.249. The number of hydrogen-bond acceptors (Lipinski definition) is 2. The van der Waals surface area contributed by atoms with Gasteiger partial charge in [-0.2, -0.15) is 0 Å². The van der Waals surface area contributed by atoms with E-state index in [9.17, 15) is 13.6 Å². The fraction of sp³-hybridized carbons (Fsp3) is 0.533. The average molecular weight is 282 g/mol. The molecule has 1 heterocycles. The van der Waals surface area contributed by atoms with Crippen LogP contribution in [0, 0.1) is 11.6 Å².